The van der Waals surface area contributed by atoms with Crippen molar-refractivity contribution < 1.29 is 19.1 Å². The Bertz CT molecular complexity index is 1060. The summed E-state index contributed by atoms with van der Waals surface area (Å²) in [6.07, 6.45) is -0.261. The zero-order valence-corrected chi connectivity index (χ0v) is 18.9. The molecule has 5 nitrogen and oxygen atoms in total. The third-order valence-corrected chi connectivity index (χ3v) is 5.56. The monoisotopic (exact) mass is 468 g/mol. The zero-order chi connectivity index (χ0) is 23.0. The summed E-state index contributed by atoms with van der Waals surface area (Å²) in [5.74, 6) is 0.434. The maximum absolute atomic E-state index is 13.2. The number of benzene rings is 3. The van der Waals surface area contributed by atoms with E-state index in [0.717, 1.165) is 22.6 Å². The Kier molecular flexibility index (Phi) is 7.94. The van der Waals surface area contributed by atoms with E-state index >= 15 is 0 Å². The van der Waals surface area contributed by atoms with Crippen molar-refractivity contribution in [2.24, 2.45) is 5.16 Å². The molecular formula is C26H26ClFN2O3. The lowest BCUT2D eigenvalue weighted by Gasteiger charge is -2.27. The summed E-state index contributed by atoms with van der Waals surface area (Å²) in [5, 5.41) is 15.5. The van der Waals surface area contributed by atoms with Crippen molar-refractivity contribution in [1.82, 2.24) is 4.90 Å². The van der Waals surface area contributed by atoms with Gasteiger partial charge in [0.2, 0.25) is 0 Å². The quantitative estimate of drug-likeness (QED) is 0.459. The number of aliphatic hydroxyl groups excluding tert-OH is 1. The number of hydrogen-bond donors (Lipinski definition) is 1. The van der Waals surface area contributed by atoms with Gasteiger partial charge in [0.15, 0.2) is 0 Å². The molecule has 0 bridgehead atoms. The number of hydrogen-bond acceptors (Lipinski definition) is 5. The minimum absolute atomic E-state index is 0.175. The van der Waals surface area contributed by atoms with Crippen LogP contribution in [0.15, 0.2) is 84.0 Å². The third-order valence-electron chi connectivity index (χ3n) is 5.32. The van der Waals surface area contributed by atoms with Crippen LogP contribution >= 0.6 is 11.6 Å². The van der Waals surface area contributed by atoms with E-state index in [1.165, 1.54) is 12.1 Å². The SMILES string of the molecule is O[C@@H](COc1ccccc1)CN(Cc1cccc(Cl)c1)C[C@@H]1CC(c2ccc(F)cc2)=NO1. The lowest BCUT2D eigenvalue weighted by molar-refractivity contribution is 0.0213. The Morgan fingerprint density at radius 3 is 2.64 bits per heavy atom. The van der Waals surface area contributed by atoms with Gasteiger partial charge in [-0.3, -0.25) is 4.90 Å². The summed E-state index contributed by atoms with van der Waals surface area (Å²) in [6.45, 7) is 1.72. The largest absolute Gasteiger partial charge is 0.491 e. The van der Waals surface area contributed by atoms with Gasteiger partial charge in [0, 0.05) is 31.1 Å². The van der Waals surface area contributed by atoms with Gasteiger partial charge in [0.1, 0.15) is 30.4 Å². The molecule has 1 heterocycles. The summed E-state index contributed by atoms with van der Waals surface area (Å²) < 4.78 is 18.9. The van der Waals surface area contributed by atoms with E-state index in [4.69, 9.17) is 21.2 Å². The number of aliphatic hydroxyl groups is 1. The summed E-state index contributed by atoms with van der Waals surface area (Å²) in [6, 6.07) is 23.3. The highest BCUT2D eigenvalue weighted by Crippen LogP contribution is 2.20. The van der Waals surface area contributed by atoms with Gasteiger partial charge in [-0.25, -0.2) is 4.39 Å². The van der Waals surface area contributed by atoms with Crippen LogP contribution in [-0.4, -0.2) is 47.6 Å². The maximum Gasteiger partial charge on any atom is 0.145 e. The highest BCUT2D eigenvalue weighted by molar-refractivity contribution is 6.30. The van der Waals surface area contributed by atoms with Crippen molar-refractivity contribution in [3.63, 3.8) is 0 Å². The molecular weight excluding hydrogens is 443 g/mol. The molecule has 0 unspecified atom stereocenters. The number of oxime groups is 1. The fraction of sp³-hybridized carbons (Fsp3) is 0.269. The fourth-order valence-corrected chi connectivity index (χ4v) is 4.00. The Labute approximate surface area is 198 Å². The van der Waals surface area contributed by atoms with Gasteiger partial charge >= 0.3 is 0 Å². The number of para-hydroxylation sites is 1. The molecule has 33 heavy (non-hydrogen) atoms. The lowest BCUT2D eigenvalue weighted by Crippen LogP contribution is -2.39. The van der Waals surface area contributed by atoms with Gasteiger partial charge in [-0.05, 0) is 47.5 Å². The lowest BCUT2D eigenvalue weighted by atomic mass is 10.0. The first-order valence-corrected chi connectivity index (χ1v) is 11.2. The van der Waals surface area contributed by atoms with Gasteiger partial charge in [0.25, 0.3) is 0 Å². The van der Waals surface area contributed by atoms with Crippen LogP contribution in [0.3, 0.4) is 0 Å². The second-order valence-electron chi connectivity index (χ2n) is 8.08. The van der Waals surface area contributed by atoms with Crippen LogP contribution in [0.2, 0.25) is 5.02 Å². The molecule has 1 aliphatic heterocycles. The molecule has 0 spiro atoms. The molecule has 0 aliphatic carbocycles. The van der Waals surface area contributed by atoms with Gasteiger partial charge in [-0.15, -0.1) is 0 Å². The van der Waals surface area contributed by atoms with Crippen LogP contribution in [0.1, 0.15) is 17.5 Å². The van der Waals surface area contributed by atoms with E-state index in [-0.39, 0.29) is 18.5 Å². The molecule has 3 aromatic carbocycles. The average Bonchev–Trinajstić information content (AvgIpc) is 3.27. The first kappa shape index (κ1) is 23.2. The minimum atomic E-state index is -0.691. The standard InChI is InChI=1S/C26H26ClFN2O3/c27-21-6-4-5-19(13-21)15-30(16-23(31)18-32-24-7-2-1-3-8-24)17-25-14-26(29-33-25)20-9-11-22(28)12-10-20/h1-13,23,25,31H,14-18H2/t23-,25+/m1/s1. The normalized spacial score (nSPS) is 16.4. The van der Waals surface area contributed by atoms with Gasteiger partial charge in [-0.2, -0.15) is 0 Å². The van der Waals surface area contributed by atoms with Crippen LogP contribution in [0, 0.1) is 5.82 Å². The van der Waals surface area contributed by atoms with Crippen molar-refractivity contribution in [2.45, 2.75) is 25.2 Å². The van der Waals surface area contributed by atoms with Crippen molar-refractivity contribution in [3.05, 3.63) is 101 Å². The topological polar surface area (TPSA) is 54.3 Å². The zero-order valence-electron chi connectivity index (χ0n) is 18.1. The van der Waals surface area contributed by atoms with Crippen LogP contribution < -0.4 is 4.74 Å². The van der Waals surface area contributed by atoms with Crippen molar-refractivity contribution in [2.75, 3.05) is 19.7 Å². The van der Waals surface area contributed by atoms with E-state index < -0.39 is 6.10 Å². The molecule has 0 aromatic heterocycles. The molecule has 7 heteroatoms. The van der Waals surface area contributed by atoms with E-state index in [1.54, 1.807) is 12.1 Å². The van der Waals surface area contributed by atoms with Crippen molar-refractivity contribution in [1.29, 1.82) is 0 Å². The highest BCUT2D eigenvalue weighted by Gasteiger charge is 2.26. The first-order chi connectivity index (χ1) is 16.0. The Morgan fingerprint density at radius 1 is 1.09 bits per heavy atom. The first-order valence-electron chi connectivity index (χ1n) is 10.9. The predicted octanol–water partition coefficient (Wildman–Crippen LogP) is 4.91. The van der Waals surface area contributed by atoms with E-state index in [1.807, 2.05) is 54.6 Å². The molecule has 172 valence electrons. The summed E-state index contributed by atoms with van der Waals surface area (Å²) in [5.41, 5.74) is 2.67. The Balaban J connectivity index is 1.37. The molecule has 1 N–H and O–H groups in total. The Hall–Kier alpha value is -2.93. The molecule has 4 rings (SSSR count). The van der Waals surface area contributed by atoms with Crippen LogP contribution in [-0.2, 0) is 11.4 Å². The molecule has 0 radical (unpaired) electrons. The van der Waals surface area contributed by atoms with E-state index in [0.29, 0.717) is 31.1 Å². The van der Waals surface area contributed by atoms with Gasteiger partial charge in [-0.1, -0.05) is 59.2 Å². The highest BCUT2D eigenvalue weighted by atomic mass is 35.5. The maximum atomic E-state index is 13.2. The number of ether oxygens (including phenoxy) is 1. The van der Waals surface area contributed by atoms with Crippen LogP contribution in [0.4, 0.5) is 4.39 Å². The molecule has 3 aromatic rings. The third kappa shape index (κ3) is 7.02. The van der Waals surface area contributed by atoms with Gasteiger partial charge in [0.05, 0.1) is 5.71 Å². The smallest absolute Gasteiger partial charge is 0.145 e. The summed E-state index contributed by atoms with van der Waals surface area (Å²) in [7, 11) is 0. The predicted molar refractivity (Wildman–Crippen MR) is 127 cm³/mol. The summed E-state index contributed by atoms with van der Waals surface area (Å²) >= 11 is 6.16. The summed E-state index contributed by atoms with van der Waals surface area (Å²) in [4.78, 5) is 7.78. The second-order valence-corrected chi connectivity index (χ2v) is 8.51. The molecule has 0 fully saturated rings. The van der Waals surface area contributed by atoms with E-state index in [9.17, 15) is 9.50 Å². The second kappa shape index (κ2) is 11.3. The molecule has 0 saturated heterocycles. The molecule has 2 atom stereocenters. The fourth-order valence-electron chi connectivity index (χ4n) is 3.78. The number of rotatable bonds is 10. The van der Waals surface area contributed by atoms with Crippen LogP contribution in [0.5, 0.6) is 5.75 Å². The average molecular weight is 469 g/mol. The van der Waals surface area contributed by atoms with Crippen molar-refractivity contribution >= 4 is 17.3 Å². The molecule has 0 amide bonds. The van der Waals surface area contributed by atoms with Crippen molar-refractivity contribution in [3.8, 4) is 5.75 Å². The number of halogens is 2. The van der Waals surface area contributed by atoms with Crippen LogP contribution in [0.25, 0.3) is 0 Å². The van der Waals surface area contributed by atoms with E-state index in [2.05, 4.69) is 10.1 Å². The molecule has 1 aliphatic rings. The minimum Gasteiger partial charge on any atom is -0.491 e. The Morgan fingerprint density at radius 2 is 1.88 bits per heavy atom. The van der Waals surface area contributed by atoms with Gasteiger partial charge < -0.3 is 14.7 Å². The molecule has 0 saturated carbocycles. The number of nitrogens with zero attached hydrogens (tertiary/aromatic N) is 2.